The molecule has 1 fully saturated rings. The van der Waals surface area contributed by atoms with Gasteiger partial charge in [-0.15, -0.1) is 0 Å². The molecule has 1 aliphatic rings. The summed E-state index contributed by atoms with van der Waals surface area (Å²) < 4.78 is 14.8. The van der Waals surface area contributed by atoms with Crippen molar-refractivity contribution in [3.63, 3.8) is 0 Å². The Balaban J connectivity index is 2.24. The number of aliphatic hydroxyl groups excluding tert-OH is 1. The van der Waals surface area contributed by atoms with E-state index in [0.29, 0.717) is 16.8 Å². The number of halogens is 1. The number of H-pyrrole nitrogens is 1. The monoisotopic (exact) mass is 250 g/mol. The summed E-state index contributed by atoms with van der Waals surface area (Å²) in [4.78, 5) is 11.5. The highest BCUT2D eigenvalue weighted by Gasteiger charge is 2.30. The highest BCUT2D eigenvalue weighted by Crippen LogP contribution is 2.44. The van der Waals surface area contributed by atoms with Crippen LogP contribution in [0.1, 0.15) is 29.9 Å². The molecule has 2 aromatic rings. The van der Waals surface area contributed by atoms with Crippen LogP contribution in [-0.4, -0.2) is 25.3 Å². The van der Waals surface area contributed by atoms with Crippen molar-refractivity contribution in [2.75, 3.05) is 0 Å². The van der Waals surface area contributed by atoms with Gasteiger partial charge in [-0.3, -0.25) is 0 Å². The van der Waals surface area contributed by atoms with Crippen molar-refractivity contribution < 1.29 is 9.50 Å². The van der Waals surface area contributed by atoms with Crippen LogP contribution in [0.4, 0.5) is 4.39 Å². The Hall–Kier alpha value is -2.02. The molecule has 0 saturated heterocycles. The number of aromatic nitrogens is 4. The lowest BCUT2D eigenvalue weighted by Gasteiger charge is -2.12. The Labute approximate surface area is 101 Å². The minimum absolute atomic E-state index is 0.134. The summed E-state index contributed by atoms with van der Waals surface area (Å²) in [5.74, 6) is -0.212. The molecular weight excluding hydrogens is 239 g/mol. The third-order valence-electron chi connectivity index (χ3n) is 3.12. The molecule has 3 rings (SSSR count). The molecule has 94 valence electrons. The number of tetrazole rings is 1. The van der Waals surface area contributed by atoms with Crippen LogP contribution in [-0.2, 0) is 6.61 Å². The minimum Gasteiger partial charge on any atom is -0.392 e. The molecule has 6 nitrogen and oxygen atoms in total. The quantitative estimate of drug-likeness (QED) is 0.829. The third-order valence-corrected chi connectivity index (χ3v) is 3.12. The fourth-order valence-electron chi connectivity index (χ4n) is 2.16. The van der Waals surface area contributed by atoms with Gasteiger partial charge in [0.25, 0.3) is 0 Å². The molecule has 0 atom stereocenters. The fourth-order valence-corrected chi connectivity index (χ4v) is 2.16. The van der Waals surface area contributed by atoms with Crippen molar-refractivity contribution in [1.29, 1.82) is 0 Å². The molecule has 0 unspecified atom stereocenters. The summed E-state index contributed by atoms with van der Waals surface area (Å²) in [5.41, 5.74) is 0.760. The second-order valence-corrected chi connectivity index (χ2v) is 4.31. The number of rotatable bonds is 3. The predicted molar refractivity (Wildman–Crippen MR) is 59.8 cm³/mol. The largest absolute Gasteiger partial charge is 0.392 e. The van der Waals surface area contributed by atoms with Crippen LogP contribution < -0.4 is 5.69 Å². The number of aromatic amines is 1. The summed E-state index contributed by atoms with van der Waals surface area (Å²) in [6.07, 6.45) is 1.81. The smallest absolute Gasteiger partial charge is 0.365 e. The van der Waals surface area contributed by atoms with E-state index in [9.17, 15) is 14.3 Å². The van der Waals surface area contributed by atoms with E-state index in [-0.39, 0.29) is 18.3 Å². The third kappa shape index (κ3) is 1.63. The maximum absolute atomic E-state index is 13.8. The lowest BCUT2D eigenvalue weighted by molar-refractivity contribution is 0.279. The molecule has 2 N–H and O–H groups in total. The Bertz CT molecular complexity index is 645. The van der Waals surface area contributed by atoms with E-state index >= 15 is 0 Å². The summed E-state index contributed by atoms with van der Waals surface area (Å²) >= 11 is 0. The van der Waals surface area contributed by atoms with Crippen molar-refractivity contribution in [3.8, 4) is 5.69 Å². The van der Waals surface area contributed by atoms with Gasteiger partial charge in [-0.25, -0.2) is 14.3 Å². The van der Waals surface area contributed by atoms with Crippen molar-refractivity contribution in [2.45, 2.75) is 25.4 Å². The van der Waals surface area contributed by atoms with E-state index in [1.165, 1.54) is 12.1 Å². The highest BCUT2D eigenvalue weighted by atomic mass is 19.1. The molecule has 1 aliphatic carbocycles. The van der Waals surface area contributed by atoms with E-state index < -0.39 is 5.69 Å². The van der Waals surface area contributed by atoms with E-state index in [1.807, 2.05) is 0 Å². The molecule has 18 heavy (non-hydrogen) atoms. The van der Waals surface area contributed by atoms with E-state index in [4.69, 9.17) is 0 Å². The first-order valence-electron chi connectivity index (χ1n) is 5.65. The van der Waals surface area contributed by atoms with Crippen LogP contribution in [0.5, 0.6) is 0 Å². The zero-order chi connectivity index (χ0) is 12.7. The van der Waals surface area contributed by atoms with Crippen molar-refractivity contribution in [1.82, 2.24) is 20.2 Å². The highest BCUT2D eigenvalue weighted by molar-refractivity contribution is 5.48. The predicted octanol–water partition coefficient (Wildman–Crippen LogP) is 0.464. The molecule has 1 aromatic heterocycles. The first kappa shape index (κ1) is 11.1. The maximum Gasteiger partial charge on any atom is 0.365 e. The first-order valence-corrected chi connectivity index (χ1v) is 5.65. The number of nitrogens with one attached hydrogen (secondary N) is 1. The lowest BCUT2D eigenvalue weighted by atomic mass is 10.0. The first-order chi connectivity index (χ1) is 8.72. The van der Waals surface area contributed by atoms with Gasteiger partial charge >= 0.3 is 5.69 Å². The molecule has 1 saturated carbocycles. The van der Waals surface area contributed by atoms with Crippen LogP contribution >= 0.6 is 0 Å². The van der Waals surface area contributed by atoms with E-state index in [0.717, 1.165) is 17.5 Å². The summed E-state index contributed by atoms with van der Waals surface area (Å²) in [6.45, 7) is -0.335. The zero-order valence-corrected chi connectivity index (χ0v) is 9.43. The standard InChI is InChI=1S/C11H11FN4O2/c12-8-3-4-9(16-11(18)13-14-15-16)7(5-17)10(8)6-1-2-6/h3-4,6,17H,1-2,5H2,(H,13,15,18). The molecule has 1 heterocycles. The Morgan fingerprint density at radius 2 is 2.28 bits per heavy atom. The minimum atomic E-state index is -0.516. The van der Waals surface area contributed by atoms with E-state index in [2.05, 4.69) is 15.5 Å². The SMILES string of the molecule is O=c1[nH]nnn1-c1ccc(F)c(C2CC2)c1CO. The summed E-state index contributed by atoms with van der Waals surface area (Å²) in [5, 5.41) is 18.6. The van der Waals surface area contributed by atoms with Crippen molar-refractivity contribution in [2.24, 2.45) is 0 Å². The van der Waals surface area contributed by atoms with Crippen LogP contribution in [0.25, 0.3) is 5.69 Å². The second-order valence-electron chi connectivity index (χ2n) is 4.31. The zero-order valence-electron chi connectivity index (χ0n) is 9.43. The van der Waals surface area contributed by atoms with Crippen LogP contribution in [0.2, 0.25) is 0 Å². The topological polar surface area (TPSA) is 83.8 Å². The summed E-state index contributed by atoms with van der Waals surface area (Å²) in [6, 6.07) is 2.72. The van der Waals surface area contributed by atoms with Gasteiger partial charge in [0.1, 0.15) is 5.82 Å². The van der Waals surface area contributed by atoms with Gasteiger partial charge in [0.15, 0.2) is 0 Å². The van der Waals surface area contributed by atoms with Gasteiger partial charge in [0.2, 0.25) is 0 Å². The number of nitrogens with zero attached hydrogens (tertiary/aromatic N) is 3. The normalized spacial score (nSPS) is 15.0. The molecular formula is C11H11FN4O2. The molecule has 0 spiro atoms. The number of aliphatic hydroxyl groups is 1. The number of hydrogen-bond acceptors (Lipinski definition) is 4. The van der Waals surface area contributed by atoms with Crippen molar-refractivity contribution >= 4 is 0 Å². The second kappa shape index (κ2) is 4.02. The van der Waals surface area contributed by atoms with Gasteiger partial charge in [-0.2, -0.15) is 4.68 Å². The lowest BCUT2D eigenvalue weighted by Crippen LogP contribution is -2.18. The molecule has 0 radical (unpaired) electrons. The van der Waals surface area contributed by atoms with Crippen molar-refractivity contribution in [3.05, 3.63) is 39.6 Å². The van der Waals surface area contributed by atoms with Crippen LogP contribution in [0, 0.1) is 5.82 Å². The molecule has 1 aromatic carbocycles. The number of hydrogen-bond donors (Lipinski definition) is 2. The van der Waals surface area contributed by atoms with Gasteiger partial charge < -0.3 is 5.11 Å². The van der Waals surface area contributed by atoms with E-state index in [1.54, 1.807) is 0 Å². The molecule has 0 bridgehead atoms. The van der Waals surface area contributed by atoms with Gasteiger partial charge in [0, 0.05) is 5.56 Å². The molecule has 7 heteroatoms. The summed E-state index contributed by atoms with van der Waals surface area (Å²) in [7, 11) is 0. The average molecular weight is 250 g/mol. The Morgan fingerprint density at radius 3 is 2.83 bits per heavy atom. The Kier molecular flexibility index (Phi) is 2.48. The van der Waals surface area contributed by atoms with Gasteiger partial charge in [-0.05, 0) is 46.9 Å². The fraction of sp³-hybridized carbons (Fsp3) is 0.364. The average Bonchev–Trinajstić information content (AvgIpc) is 3.11. The van der Waals surface area contributed by atoms with Crippen LogP contribution in [0.3, 0.4) is 0 Å². The van der Waals surface area contributed by atoms with Gasteiger partial charge in [-0.1, -0.05) is 0 Å². The van der Waals surface area contributed by atoms with Crippen LogP contribution in [0.15, 0.2) is 16.9 Å². The maximum atomic E-state index is 13.8. The molecule has 0 amide bonds. The Morgan fingerprint density at radius 1 is 1.50 bits per heavy atom. The van der Waals surface area contributed by atoms with Gasteiger partial charge in [0.05, 0.1) is 12.3 Å². The molecule has 0 aliphatic heterocycles. The number of benzene rings is 1.